The molecule has 4 unspecified atom stereocenters. The van der Waals surface area contributed by atoms with Crippen molar-refractivity contribution in [3.05, 3.63) is 18.0 Å². The van der Waals surface area contributed by atoms with Crippen LogP contribution in [0.15, 0.2) is 12.4 Å². The predicted molar refractivity (Wildman–Crippen MR) is 81.3 cm³/mol. The van der Waals surface area contributed by atoms with Crippen molar-refractivity contribution in [2.75, 3.05) is 0 Å². The average molecular weight is 279 g/mol. The Bertz CT molecular complexity index is 408. The first kappa shape index (κ1) is 15.5. The second-order valence-electron chi connectivity index (χ2n) is 6.62. The summed E-state index contributed by atoms with van der Waals surface area (Å²) in [6.45, 7) is 6.76. The second kappa shape index (κ2) is 6.72. The Morgan fingerprint density at radius 1 is 1.35 bits per heavy atom. The van der Waals surface area contributed by atoms with Gasteiger partial charge in [-0.2, -0.15) is 5.10 Å². The van der Waals surface area contributed by atoms with E-state index in [0.29, 0.717) is 6.10 Å². The molecule has 4 heteroatoms. The van der Waals surface area contributed by atoms with Gasteiger partial charge in [-0.3, -0.25) is 4.68 Å². The Morgan fingerprint density at radius 2 is 2.00 bits per heavy atom. The molecule has 0 aromatic carbocycles. The smallest absolute Gasteiger partial charge is 0.101 e. The van der Waals surface area contributed by atoms with Gasteiger partial charge in [0, 0.05) is 24.8 Å². The number of aryl methyl sites for hydroxylation is 1. The minimum absolute atomic E-state index is 0.0313. The number of hydrogen-bond donors (Lipinski definition) is 1. The number of nitrogens with zero attached hydrogens (tertiary/aromatic N) is 2. The van der Waals surface area contributed by atoms with Crippen molar-refractivity contribution in [1.29, 1.82) is 0 Å². The summed E-state index contributed by atoms with van der Waals surface area (Å²) in [7, 11) is 1.93. The predicted octanol–water partition coefficient (Wildman–Crippen LogP) is 3.04. The lowest BCUT2D eigenvalue weighted by Gasteiger charge is -2.35. The Kier molecular flexibility index (Phi) is 5.22. The highest BCUT2D eigenvalue weighted by Crippen LogP contribution is 2.34. The first-order valence-electron chi connectivity index (χ1n) is 7.89. The normalized spacial score (nSPS) is 30.1. The van der Waals surface area contributed by atoms with Crippen molar-refractivity contribution < 1.29 is 4.74 Å². The third-order valence-corrected chi connectivity index (χ3v) is 4.39. The molecule has 0 spiro atoms. The Morgan fingerprint density at radius 3 is 2.50 bits per heavy atom. The molecule has 1 aromatic rings. The highest BCUT2D eigenvalue weighted by atomic mass is 16.5. The van der Waals surface area contributed by atoms with Gasteiger partial charge in [0.25, 0.3) is 0 Å². The van der Waals surface area contributed by atoms with E-state index in [-0.39, 0.29) is 12.1 Å². The zero-order valence-electron chi connectivity index (χ0n) is 13.2. The second-order valence-corrected chi connectivity index (χ2v) is 6.62. The molecule has 0 amide bonds. The molecular formula is C16H29N3O. The maximum Gasteiger partial charge on any atom is 0.101 e. The Labute approximate surface area is 122 Å². The molecule has 1 fully saturated rings. The quantitative estimate of drug-likeness (QED) is 0.901. The molecule has 1 saturated carbocycles. The molecule has 1 aliphatic rings. The van der Waals surface area contributed by atoms with E-state index in [0.717, 1.165) is 36.7 Å². The largest absolute Gasteiger partial charge is 0.369 e. The van der Waals surface area contributed by atoms with E-state index in [9.17, 15) is 0 Å². The topological polar surface area (TPSA) is 53.1 Å². The third kappa shape index (κ3) is 3.83. The zero-order valence-corrected chi connectivity index (χ0v) is 13.2. The summed E-state index contributed by atoms with van der Waals surface area (Å²) >= 11 is 0. The van der Waals surface area contributed by atoms with Gasteiger partial charge >= 0.3 is 0 Å². The minimum Gasteiger partial charge on any atom is -0.369 e. The first-order valence-corrected chi connectivity index (χ1v) is 7.89. The monoisotopic (exact) mass is 279 g/mol. The first-order chi connectivity index (χ1) is 9.49. The molecule has 2 rings (SSSR count). The van der Waals surface area contributed by atoms with Crippen molar-refractivity contribution in [2.24, 2.45) is 24.6 Å². The van der Waals surface area contributed by atoms with Crippen LogP contribution in [0.1, 0.15) is 58.1 Å². The summed E-state index contributed by atoms with van der Waals surface area (Å²) in [5, 5.41) is 4.26. The minimum atomic E-state index is -0.0313. The summed E-state index contributed by atoms with van der Waals surface area (Å²) in [5.41, 5.74) is 7.39. The average Bonchev–Trinajstić information content (AvgIpc) is 2.80. The molecule has 1 aliphatic carbocycles. The van der Waals surface area contributed by atoms with E-state index in [4.69, 9.17) is 10.5 Å². The molecular weight excluding hydrogens is 250 g/mol. The summed E-state index contributed by atoms with van der Waals surface area (Å²) < 4.78 is 8.23. The fourth-order valence-corrected chi connectivity index (χ4v) is 3.42. The molecule has 4 atom stereocenters. The van der Waals surface area contributed by atoms with Gasteiger partial charge in [0.15, 0.2) is 0 Å². The molecule has 0 saturated heterocycles. The maximum absolute atomic E-state index is 6.41. The van der Waals surface area contributed by atoms with Gasteiger partial charge in [0.05, 0.1) is 12.3 Å². The highest BCUT2D eigenvalue weighted by molar-refractivity contribution is 5.11. The zero-order chi connectivity index (χ0) is 14.7. The van der Waals surface area contributed by atoms with Gasteiger partial charge in [-0.1, -0.05) is 20.8 Å². The van der Waals surface area contributed by atoms with Crippen LogP contribution >= 0.6 is 0 Å². The van der Waals surface area contributed by atoms with Gasteiger partial charge in [-0.25, -0.2) is 0 Å². The number of rotatable bonds is 5. The van der Waals surface area contributed by atoms with Crippen molar-refractivity contribution in [3.63, 3.8) is 0 Å². The van der Waals surface area contributed by atoms with E-state index >= 15 is 0 Å². The molecule has 0 radical (unpaired) electrons. The van der Waals surface area contributed by atoms with Gasteiger partial charge in [-0.05, 0) is 37.5 Å². The van der Waals surface area contributed by atoms with E-state index in [2.05, 4.69) is 25.9 Å². The third-order valence-electron chi connectivity index (χ3n) is 4.39. The van der Waals surface area contributed by atoms with Crippen LogP contribution in [0.5, 0.6) is 0 Å². The lowest BCUT2D eigenvalue weighted by atomic mass is 9.81. The van der Waals surface area contributed by atoms with Crippen LogP contribution in [-0.2, 0) is 11.8 Å². The maximum atomic E-state index is 6.41. The summed E-state index contributed by atoms with van der Waals surface area (Å²) in [6, 6.07) is 0.0340. The van der Waals surface area contributed by atoms with Crippen molar-refractivity contribution in [2.45, 2.75) is 64.7 Å². The van der Waals surface area contributed by atoms with Crippen molar-refractivity contribution >= 4 is 0 Å². The summed E-state index contributed by atoms with van der Waals surface area (Å²) in [5.74, 6) is 1.49. The molecule has 0 aliphatic heterocycles. The summed E-state index contributed by atoms with van der Waals surface area (Å²) in [6.07, 6.45) is 8.74. The van der Waals surface area contributed by atoms with E-state index in [1.807, 2.05) is 24.1 Å². The number of hydrogen-bond acceptors (Lipinski definition) is 3. The fraction of sp³-hybridized carbons (Fsp3) is 0.812. The van der Waals surface area contributed by atoms with E-state index in [1.54, 1.807) is 0 Å². The molecule has 4 nitrogen and oxygen atoms in total. The molecule has 1 aromatic heterocycles. The molecule has 114 valence electrons. The van der Waals surface area contributed by atoms with Crippen LogP contribution < -0.4 is 5.73 Å². The lowest BCUT2D eigenvalue weighted by molar-refractivity contribution is -0.0611. The van der Waals surface area contributed by atoms with Crippen LogP contribution in [0, 0.1) is 11.8 Å². The molecule has 1 heterocycles. The lowest BCUT2D eigenvalue weighted by Crippen LogP contribution is -2.35. The van der Waals surface area contributed by atoms with Crippen LogP contribution in [0.2, 0.25) is 0 Å². The van der Waals surface area contributed by atoms with Gasteiger partial charge in [0.1, 0.15) is 6.10 Å². The standard InChI is InChI=1S/C16H29N3O/c1-5-15(17)16(13-9-18-19(4)10-13)20-14-7-11(2)6-12(3)8-14/h9-12,14-16H,5-8,17H2,1-4H3. The Balaban J connectivity index is 2.08. The van der Waals surface area contributed by atoms with Crippen LogP contribution in [0.4, 0.5) is 0 Å². The van der Waals surface area contributed by atoms with Gasteiger partial charge < -0.3 is 10.5 Å². The van der Waals surface area contributed by atoms with E-state index < -0.39 is 0 Å². The van der Waals surface area contributed by atoms with E-state index in [1.165, 1.54) is 6.42 Å². The van der Waals surface area contributed by atoms with Crippen LogP contribution in [-0.4, -0.2) is 21.9 Å². The van der Waals surface area contributed by atoms with Gasteiger partial charge in [-0.15, -0.1) is 0 Å². The number of aromatic nitrogens is 2. The Hall–Kier alpha value is -0.870. The fourth-order valence-electron chi connectivity index (χ4n) is 3.42. The molecule has 0 bridgehead atoms. The highest BCUT2D eigenvalue weighted by Gasteiger charge is 2.29. The number of nitrogens with two attached hydrogens (primary N) is 1. The number of ether oxygens (including phenoxy) is 1. The van der Waals surface area contributed by atoms with Crippen molar-refractivity contribution in [3.8, 4) is 0 Å². The van der Waals surface area contributed by atoms with Crippen molar-refractivity contribution in [1.82, 2.24) is 9.78 Å². The molecule has 20 heavy (non-hydrogen) atoms. The summed E-state index contributed by atoms with van der Waals surface area (Å²) in [4.78, 5) is 0. The SMILES string of the molecule is CCC(N)C(OC1CC(C)CC(C)C1)c1cnn(C)c1. The van der Waals surface area contributed by atoms with Crippen LogP contribution in [0.25, 0.3) is 0 Å². The van der Waals surface area contributed by atoms with Crippen LogP contribution in [0.3, 0.4) is 0 Å². The molecule has 2 N–H and O–H groups in total. The van der Waals surface area contributed by atoms with Gasteiger partial charge in [0.2, 0.25) is 0 Å².